The molecule has 21 heavy (non-hydrogen) atoms. The van der Waals surface area contributed by atoms with Crippen LogP contribution >= 0.6 is 0 Å². The molecule has 2 heterocycles. The van der Waals surface area contributed by atoms with Crippen molar-refractivity contribution in [2.75, 3.05) is 6.61 Å². The highest BCUT2D eigenvalue weighted by Gasteiger charge is 2.10. The third-order valence-corrected chi connectivity index (χ3v) is 2.74. The zero-order chi connectivity index (χ0) is 15.1. The second-order valence-corrected chi connectivity index (χ2v) is 4.39. The number of nitrogens with one attached hydrogen (secondary N) is 1. The number of furan rings is 1. The van der Waals surface area contributed by atoms with Crippen molar-refractivity contribution >= 4 is 5.91 Å². The Bertz CT molecular complexity index is 680. The van der Waals surface area contributed by atoms with Crippen molar-refractivity contribution in [1.29, 1.82) is 0 Å². The Hall–Kier alpha value is -2.58. The number of hydrogen-bond donors (Lipinski definition) is 2. The first-order valence-corrected chi connectivity index (χ1v) is 6.58. The minimum atomic E-state index is -0.236. The van der Waals surface area contributed by atoms with E-state index in [4.69, 9.17) is 9.52 Å². The number of aliphatic hydroxyl groups is 1. The van der Waals surface area contributed by atoms with Crippen molar-refractivity contribution in [1.82, 2.24) is 10.3 Å². The number of hydrogen-bond acceptors (Lipinski definition) is 4. The molecule has 2 aromatic heterocycles. The maximum atomic E-state index is 12.2. The molecular weight excluding hydrogens is 268 g/mol. The van der Waals surface area contributed by atoms with Crippen molar-refractivity contribution < 1.29 is 14.3 Å². The van der Waals surface area contributed by atoms with Gasteiger partial charge in [-0.25, -0.2) is 0 Å². The lowest BCUT2D eigenvalue weighted by Gasteiger charge is -2.05. The summed E-state index contributed by atoms with van der Waals surface area (Å²) in [6.45, 7) is 2.16. The molecule has 2 N–H and O–H groups in total. The van der Waals surface area contributed by atoms with Gasteiger partial charge in [0.1, 0.15) is 11.5 Å². The van der Waals surface area contributed by atoms with Crippen molar-refractivity contribution in [3.8, 4) is 11.8 Å². The van der Waals surface area contributed by atoms with Crippen molar-refractivity contribution in [3.05, 3.63) is 53.2 Å². The summed E-state index contributed by atoms with van der Waals surface area (Å²) < 4.78 is 5.40. The number of amides is 1. The number of rotatable bonds is 4. The van der Waals surface area contributed by atoms with Crippen LogP contribution in [0.3, 0.4) is 0 Å². The lowest BCUT2D eigenvalue weighted by molar-refractivity contribution is 0.0947. The molecule has 2 aromatic rings. The number of carbonyl (C=O) groups is 1. The third kappa shape index (κ3) is 4.20. The van der Waals surface area contributed by atoms with E-state index in [9.17, 15) is 4.79 Å². The van der Waals surface area contributed by atoms with Crippen LogP contribution < -0.4 is 5.32 Å². The van der Waals surface area contributed by atoms with E-state index in [0.29, 0.717) is 29.9 Å². The van der Waals surface area contributed by atoms with E-state index < -0.39 is 0 Å². The molecular formula is C16H16N2O3. The van der Waals surface area contributed by atoms with E-state index in [-0.39, 0.29) is 12.5 Å². The Morgan fingerprint density at radius 1 is 1.43 bits per heavy atom. The number of aliphatic hydroxyl groups excluding tert-OH is 1. The van der Waals surface area contributed by atoms with Gasteiger partial charge in [-0.3, -0.25) is 9.78 Å². The number of carbonyl (C=O) groups excluding carboxylic acids is 1. The lowest BCUT2D eigenvalue weighted by Crippen LogP contribution is -2.23. The molecule has 0 aliphatic carbocycles. The summed E-state index contributed by atoms with van der Waals surface area (Å²) in [5, 5.41) is 11.5. The summed E-state index contributed by atoms with van der Waals surface area (Å²) in [5.74, 6) is 6.89. The van der Waals surface area contributed by atoms with Crippen LogP contribution in [0.25, 0.3) is 0 Å². The summed E-state index contributed by atoms with van der Waals surface area (Å²) in [6.07, 6.45) is 3.45. The molecule has 2 rings (SSSR count). The molecule has 0 saturated carbocycles. The third-order valence-electron chi connectivity index (χ3n) is 2.74. The molecule has 0 saturated heterocycles. The average molecular weight is 284 g/mol. The zero-order valence-corrected chi connectivity index (χ0v) is 11.7. The van der Waals surface area contributed by atoms with Gasteiger partial charge in [-0.05, 0) is 25.1 Å². The molecule has 108 valence electrons. The SMILES string of the molecule is Cc1ccc(CNC(=O)c2ccncc2C#CCCO)o1. The molecule has 5 heteroatoms. The first-order chi connectivity index (χ1) is 10.2. The van der Waals surface area contributed by atoms with Gasteiger partial charge in [0.25, 0.3) is 5.91 Å². The Kier molecular flexibility index (Phi) is 5.13. The monoisotopic (exact) mass is 284 g/mol. The second-order valence-electron chi connectivity index (χ2n) is 4.39. The molecule has 0 radical (unpaired) electrons. The van der Waals surface area contributed by atoms with Crippen molar-refractivity contribution in [2.24, 2.45) is 0 Å². The number of aryl methyl sites for hydroxylation is 1. The van der Waals surface area contributed by atoms with Crippen LogP contribution in [0.15, 0.2) is 35.0 Å². The van der Waals surface area contributed by atoms with Crippen LogP contribution in [-0.2, 0) is 6.54 Å². The van der Waals surface area contributed by atoms with E-state index in [0.717, 1.165) is 5.76 Å². The Labute approximate surface area is 123 Å². The molecule has 0 spiro atoms. The van der Waals surface area contributed by atoms with Crippen LogP contribution in [0.2, 0.25) is 0 Å². The standard InChI is InChI=1S/C16H16N2O3/c1-12-5-6-14(21-12)11-18-16(20)15-7-8-17-10-13(15)4-2-3-9-19/h5-8,10,19H,3,9,11H2,1H3,(H,18,20). The van der Waals surface area contributed by atoms with Crippen LogP contribution in [0, 0.1) is 18.8 Å². The zero-order valence-electron chi connectivity index (χ0n) is 11.7. The maximum absolute atomic E-state index is 12.2. The van der Waals surface area contributed by atoms with E-state index in [2.05, 4.69) is 22.1 Å². The number of pyridine rings is 1. The van der Waals surface area contributed by atoms with Crippen LogP contribution in [0.5, 0.6) is 0 Å². The van der Waals surface area contributed by atoms with Gasteiger partial charge in [0, 0.05) is 18.8 Å². The van der Waals surface area contributed by atoms with Gasteiger partial charge in [0.15, 0.2) is 0 Å². The molecule has 0 aliphatic rings. The van der Waals surface area contributed by atoms with E-state index in [1.165, 1.54) is 6.20 Å². The van der Waals surface area contributed by atoms with Gasteiger partial charge >= 0.3 is 0 Å². The van der Waals surface area contributed by atoms with E-state index in [1.807, 2.05) is 19.1 Å². The first-order valence-electron chi connectivity index (χ1n) is 6.58. The summed E-state index contributed by atoms with van der Waals surface area (Å²) in [7, 11) is 0. The highest BCUT2D eigenvalue weighted by molar-refractivity contribution is 5.96. The normalized spacial score (nSPS) is 9.81. The fourth-order valence-electron chi connectivity index (χ4n) is 1.75. The minimum Gasteiger partial charge on any atom is -0.465 e. The molecule has 0 unspecified atom stereocenters. The van der Waals surface area contributed by atoms with Crippen LogP contribution in [-0.4, -0.2) is 22.6 Å². The Morgan fingerprint density at radius 2 is 2.29 bits per heavy atom. The summed E-state index contributed by atoms with van der Waals surface area (Å²) >= 11 is 0. The number of nitrogens with zero attached hydrogens (tertiary/aromatic N) is 1. The van der Waals surface area contributed by atoms with Gasteiger partial charge in [-0.1, -0.05) is 11.8 Å². The predicted molar refractivity (Wildman–Crippen MR) is 77.4 cm³/mol. The van der Waals surface area contributed by atoms with Crippen LogP contribution in [0.1, 0.15) is 33.9 Å². The molecule has 5 nitrogen and oxygen atoms in total. The highest BCUT2D eigenvalue weighted by Crippen LogP contribution is 2.08. The smallest absolute Gasteiger partial charge is 0.253 e. The van der Waals surface area contributed by atoms with Gasteiger partial charge in [-0.15, -0.1) is 0 Å². The summed E-state index contributed by atoms with van der Waals surface area (Å²) in [6, 6.07) is 5.29. The maximum Gasteiger partial charge on any atom is 0.253 e. The second kappa shape index (κ2) is 7.27. The molecule has 0 aliphatic heterocycles. The summed E-state index contributed by atoms with van der Waals surface area (Å²) in [5.41, 5.74) is 0.998. The highest BCUT2D eigenvalue weighted by atomic mass is 16.3. The van der Waals surface area contributed by atoms with Gasteiger partial charge in [0.05, 0.1) is 24.3 Å². The van der Waals surface area contributed by atoms with Gasteiger partial charge in [0.2, 0.25) is 0 Å². The quantitative estimate of drug-likeness (QED) is 0.837. The van der Waals surface area contributed by atoms with Gasteiger partial charge in [-0.2, -0.15) is 0 Å². The topological polar surface area (TPSA) is 75.4 Å². The first kappa shape index (κ1) is 14.8. The average Bonchev–Trinajstić information content (AvgIpc) is 2.91. The minimum absolute atomic E-state index is 0.00731. The van der Waals surface area contributed by atoms with E-state index >= 15 is 0 Å². The van der Waals surface area contributed by atoms with Crippen molar-refractivity contribution in [3.63, 3.8) is 0 Å². The molecule has 0 atom stereocenters. The van der Waals surface area contributed by atoms with Crippen molar-refractivity contribution in [2.45, 2.75) is 19.9 Å². The largest absolute Gasteiger partial charge is 0.465 e. The fourth-order valence-corrected chi connectivity index (χ4v) is 1.75. The molecule has 0 fully saturated rings. The molecule has 0 aromatic carbocycles. The summed E-state index contributed by atoms with van der Waals surface area (Å²) in [4.78, 5) is 16.1. The predicted octanol–water partition coefficient (Wildman–Crippen LogP) is 1.65. The van der Waals surface area contributed by atoms with Crippen LogP contribution in [0.4, 0.5) is 0 Å². The molecule has 1 amide bonds. The van der Waals surface area contributed by atoms with E-state index in [1.54, 1.807) is 12.3 Å². The Balaban J connectivity index is 2.07. The van der Waals surface area contributed by atoms with Gasteiger partial charge < -0.3 is 14.8 Å². The Morgan fingerprint density at radius 3 is 3.00 bits per heavy atom. The fraction of sp³-hybridized carbons (Fsp3) is 0.250. The molecule has 0 bridgehead atoms. The lowest BCUT2D eigenvalue weighted by atomic mass is 10.1. The number of aromatic nitrogens is 1.